The van der Waals surface area contributed by atoms with E-state index in [1.807, 2.05) is 24.3 Å². The first-order chi connectivity index (χ1) is 12.5. The van der Waals surface area contributed by atoms with Crippen molar-refractivity contribution in [2.24, 2.45) is 0 Å². The monoisotopic (exact) mass is 362 g/mol. The van der Waals surface area contributed by atoms with E-state index in [0.29, 0.717) is 6.04 Å². The Kier molecular flexibility index (Phi) is 5.99. The van der Waals surface area contributed by atoms with Crippen molar-refractivity contribution in [2.45, 2.75) is 38.5 Å². The third-order valence-corrected chi connectivity index (χ3v) is 5.11. The maximum absolute atomic E-state index is 12.6. The molecule has 1 N–H and O–H groups in total. The van der Waals surface area contributed by atoms with E-state index in [0.717, 1.165) is 42.9 Å². The average Bonchev–Trinajstić information content (AvgIpc) is 3.09. The molecule has 1 aliphatic heterocycles. The molecule has 26 heavy (non-hydrogen) atoms. The maximum Gasteiger partial charge on any atom is 0.416 e. The Bertz CT molecular complexity index is 693. The summed E-state index contributed by atoms with van der Waals surface area (Å²) in [7, 11) is 0. The van der Waals surface area contributed by atoms with Gasteiger partial charge in [0.15, 0.2) is 0 Å². The minimum atomic E-state index is -4.29. The highest BCUT2D eigenvalue weighted by Gasteiger charge is 2.29. The fraction of sp³-hybridized carbons (Fsp3) is 0.429. The molecule has 2 nitrogen and oxygen atoms in total. The Hall–Kier alpha value is -1.85. The van der Waals surface area contributed by atoms with Crippen molar-refractivity contribution in [1.82, 2.24) is 10.2 Å². The van der Waals surface area contributed by atoms with Gasteiger partial charge in [0.2, 0.25) is 0 Å². The summed E-state index contributed by atoms with van der Waals surface area (Å²) in [5, 5.41) is 3.52. The molecule has 1 heterocycles. The highest BCUT2D eigenvalue weighted by Crippen LogP contribution is 2.31. The lowest BCUT2D eigenvalue weighted by Crippen LogP contribution is -2.37. The third-order valence-electron chi connectivity index (χ3n) is 5.11. The van der Waals surface area contributed by atoms with Gasteiger partial charge in [0.05, 0.1) is 5.56 Å². The van der Waals surface area contributed by atoms with Gasteiger partial charge < -0.3 is 5.32 Å². The van der Waals surface area contributed by atoms with E-state index in [1.165, 1.54) is 37.1 Å². The molecule has 2 aromatic carbocycles. The molecule has 5 heteroatoms. The second kappa shape index (κ2) is 8.23. The fourth-order valence-corrected chi connectivity index (χ4v) is 3.59. The summed E-state index contributed by atoms with van der Waals surface area (Å²) in [5.74, 6) is 0. The normalized spacial score (nSPS) is 18.4. The standard InChI is InChI=1S/C21H25F3N2/c1-2-26-13-3-4-20(26)15-25-14-16-5-7-17(8-6-16)18-9-11-19(12-10-18)21(22,23)24/h5-12,20,25H,2-4,13-15H2,1H3/t20-/m0/s1. The van der Waals surface area contributed by atoms with E-state index >= 15 is 0 Å². The van der Waals surface area contributed by atoms with Crippen molar-refractivity contribution < 1.29 is 13.2 Å². The van der Waals surface area contributed by atoms with Gasteiger partial charge in [0.25, 0.3) is 0 Å². The number of alkyl halides is 3. The maximum atomic E-state index is 12.6. The van der Waals surface area contributed by atoms with Gasteiger partial charge in [-0.05, 0) is 54.8 Å². The number of rotatable bonds is 6. The number of likely N-dealkylation sites (N-methyl/N-ethyl adjacent to an activating group) is 1. The van der Waals surface area contributed by atoms with E-state index in [4.69, 9.17) is 0 Å². The Labute approximate surface area is 153 Å². The zero-order valence-corrected chi connectivity index (χ0v) is 15.0. The summed E-state index contributed by atoms with van der Waals surface area (Å²) in [6.45, 7) is 6.31. The Morgan fingerprint density at radius 2 is 1.62 bits per heavy atom. The van der Waals surface area contributed by atoms with E-state index in [-0.39, 0.29) is 0 Å². The quantitative estimate of drug-likeness (QED) is 0.782. The zero-order valence-electron chi connectivity index (χ0n) is 15.0. The molecule has 0 unspecified atom stereocenters. The van der Waals surface area contributed by atoms with E-state index in [1.54, 1.807) is 0 Å². The number of nitrogens with one attached hydrogen (secondary N) is 1. The smallest absolute Gasteiger partial charge is 0.311 e. The fourth-order valence-electron chi connectivity index (χ4n) is 3.59. The number of benzene rings is 2. The van der Waals surface area contributed by atoms with Crippen LogP contribution >= 0.6 is 0 Å². The first-order valence-electron chi connectivity index (χ1n) is 9.18. The van der Waals surface area contributed by atoms with Crippen LogP contribution in [0.2, 0.25) is 0 Å². The predicted octanol–water partition coefficient (Wildman–Crippen LogP) is 4.95. The van der Waals surface area contributed by atoms with Crippen LogP contribution in [0.3, 0.4) is 0 Å². The summed E-state index contributed by atoms with van der Waals surface area (Å²) >= 11 is 0. The van der Waals surface area contributed by atoms with Crippen LogP contribution in [-0.4, -0.2) is 30.6 Å². The van der Waals surface area contributed by atoms with Gasteiger partial charge >= 0.3 is 6.18 Å². The Morgan fingerprint density at radius 3 is 2.19 bits per heavy atom. The van der Waals surface area contributed by atoms with Crippen molar-refractivity contribution in [3.8, 4) is 11.1 Å². The molecule has 2 aromatic rings. The summed E-state index contributed by atoms with van der Waals surface area (Å²) in [4.78, 5) is 2.51. The van der Waals surface area contributed by atoms with Crippen molar-refractivity contribution in [1.29, 1.82) is 0 Å². The number of likely N-dealkylation sites (tertiary alicyclic amines) is 1. The van der Waals surface area contributed by atoms with Gasteiger partial charge in [0, 0.05) is 19.1 Å². The molecule has 0 radical (unpaired) electrons. The Morgan fingerprint density at radius 1 is 1.00 bits per heavy atom. The molecule has 140 valence electrons. The molecule has 1 atom stereocenters. The van der Waals surface area contributed by atoms with Crippen molar-refractivity contribution in [3.63, 3.8) is 0 Å². The molecule has 0 bridgehead atoms. The molecule has 0 spiro atoms. The van der Waals surface area contributed by atoms with Crippen LogP contribution in [0.1, 0.15) is 30.9 Å². The van der Waals surface area contributed by atoms with E-state index in [9.17, 15) is 13.2 Å². The first kappa shape index (κ1) is 18.9. The molecule has 1 saturated heterocycles. The molecule has 1 fully saturated rings. The lowest BCUT2D eigenvalue weighted by molar-refractivity contribution is -0.137. The molecular weight excluding hydrogens is 337 g/mol. The summed E-state index contributed by atoms with van der Waals surface area (Å²) < 4.78 is 37.9. The van der Waals surface area contributed by atoms with Gasteiger partial charge in [-0.1, -0.05) is 43.3 Å². The molecule has 0 saturated carbocycles. The molecular formula is C21H25F3N2. The third kappa shape index (κ3) is 4.65. The average molecular weight is 362 g/mol. The summed E-state index contributed by atoms with van der Waals surface area (Å²) in [6, 6.07) is 13.9. The molecule has 1 aliphatic rings. The lowest BCUT2D eigenvalue weighted by Gasteiger charge is -2.23. The SMILES string of the molecule is CCN1CCC[C@H]1CNCc1ccc(-c2ccc(C(F)(F)F)cc2)cc1. The van der Waals surface area contributed by atoms with Crippen LogP contribution < -0.4 is 5.32 Å². The summed E-state index contributed by atoms with van der Waals surface area (Å²) in [5.41, 5.74) is 2.29. The van der Waals surface area contributed by atoms with Gasteiger partial charge in [-0.3, -0.25) is 4.90 Å². The van der Waals surface area contributed by atoms with Crippen LogP contribution in [0.5, 0.6) is 0 Å². The number of hydrogen-bond donors (Lipinski definition) is 1. The van der Waals surface area contributed by atoms with E-state index in [2.05, 4.69) is 17.1 Å². The second-order valence-electron chi connectivity index (χ2n) is 6.83. The van der Waals surface area contributed by atoms with Crippen LogP contribution in [0, 0.1) is 0 Å². The number of hydrogen-bond acceptors (Lipinski definition) is 2. The highest BCUT2D eigenvalue weighted by atomic mass is 19.4. The van der Waals surface area contributed by atoms with Crippen molar-refractivity contribution in [2.75, 3.05) is 19.6 Å². The van der Waals surface area contributed by atoms with Gasteiger partial charge in [-0.2, -0.15) is 13.2 Å². The molecule has 0 aromatic heterocycles. The number of halogens is 3. The first-order valence-corrected chi connectivity index (χ1v) is 9.18. The lowest BCUT2D eigenvalue weighted by atomic mass is 10.0. The largest absolute Gasteiger partial charge is 0.416 e. The van der Waals surface area contributed by atoms with Gasteiger partial charge in [0.1, 0.15) is 0 Å². The van der Waals surface area contributed by atoms with Gasteiger partial charge in [-0.15, -0.1) is 0 Å². The minimum absolute atomic E-state index is 0.616. The van der Waals surface area contributed by atoms with E-state index < -0.39 is 11.7 Å². The minimum Gasteiger partial charge on any atom is -0.311 e. The summed E-state index contributed by atoms with van der Waals surface area (Å²) in [6.07, 6.45) is -1.75. The van der Waals surface area contributed by atoms with Crippen LogP contribution in [0.25, 0.3) is 11.1 Å². The zero-order chi connectivity index (χ0) is 18.6. The highest BCUT2D eigenvalue weighted by molar-refractivity contribution is 5.64. The molecule has 0 amide bonds. The second-order valence-corrected chi connectivity index (χ2v) is 6.83. The van der Waals surface area contributed by atoms with Crippen molar-refractivity contribution >= 4 is 0 Å². The van der Waals surface area contributed by atoms with Gasteiger partial charge in [-0.25, -0.2) is 0 Å². The molecule has 0 aliphatic carbocycles. The number of nitrogens with zero attached hydrogens (tertiary/aromatic N) is 1. The molecule has 3 rings (SSSR count). The Balaban J connectivity index is 1.55. The topological polar surface area (TPSA) is 15.3 Å². The van der Waals surface area contributed by atoms with Crippen LogP contribution in [-0.2, 0) is 12.7 Å². The predicted molar refractivity (Wildman–Crippen MR) is 98.9 cm³/mol. The van der Waals surface area contributed by atoms with Crippen LogP contribution in [0.4, 0.5) is 13.2 Å². The van der Waals surface area contributed by atoms with Crippen LogP contribution in [0.15, 0.2) is 48.5 Å². The van der Waals surface area contributed by atoms with Crippen molar-refractivity contribution in [3.05, 3.63) is 59.7 Å².